The van der Waals surface area contributed by atoms with Crippen LogP contribution in [0.15, 0.2) is 0 Å². The molecule has 1 N–H and O–H groups in total. The number of ether oxygens (including phenoxy) is 1. The van der Waals surface area contributed by atoms with E-state index in [1.807, 2.05) is 0 Å². The Kier molecular flexibility index (Phi) is 6.28. The molecule has 0 aromatic heterocycles. The molecule has 120 valence electrons. The minimum Gasteiger partial charge on any atom is -0.372 e. The minimum absolute atomic E-state index is 0.0349. The number of nitrogens with zero attached hydrogens (tertiary/aromatic N) is 1. The summed E-state index contributed by atoms with van der Waals surface area (Å²) >= 11 is 0. The number of nitrogens with one attached hydrogen (secondary N) is 1. The Labute approximate surface area is 119 Å². The zero-order valence-corrected chi connectivity index (χ0v) is 12.9. The monoisotopic (exact) mass is 296 g/mol. The highest BCUT2D eigenvalue weighted by Gasteiger charge is 2.33. The third kappa shape index (κ3) is 7.45. The van der Waals surface area contributed by atoms with Crippen molar-refractivity contribution in [3.63, 3.8) is 0 Å². The first-order valence-corrected chi connectivity index (χ1v) is 7.28. The second-order valence-electron chi connectivity index (χ2n) is 6.53. The SMILES string of the molecule is CCN(CC1CCC(CNC(C)(C)C)O1)CC(F)(F)F. The van der Waals surface area contributed by atoms with E-state index in [-0.39, 0.29) is 17.7 Å². The summed E-state index contributed by atoms with van der Waals surface area (Å²) in [6.07, 6.45) is -2.35. The predicted molar refractivity (Wildman–Crippen MR) is 73.8 cm³/mol. The summed E-state index contributed by atoms with van der Waals surface area (Å²) in [5, 5.41) is 3.37. The average molecular weight is 296 g/mol. The lowest BCUT2D eigenvalue weighted by molar-refractivity contribution is -0.148. The summed E-state index contributed by atoms with van der Waals surface area (Å²) in [6.45, 7) is 8.66. The van der Waals surface area contributed by atoms with Gasteiger partial charge in [-0.25, -0.2) is 0 Å². The topological polar surface area (TPSA) is 24.5 Å². The Hall–Kier alpha value is -0.330. The van der Waals surface area contributed by atoms with E-state index in [0.717, 1.165) is 19.4 Å². The summed E-state index contributed by atoms with van der Waals surface area (Å²) in [5.41, 5.74) is 0.0349. The number of hydrogen-bond donors (Lipinski definition) is 1. The molecule has 0 bridgehead atoms. The molecule has 0 amide bonds. The van der Waals surface area contributed by atoms with Gasteiger partial charge in [0.05, 0.1) is 18.8 Å². The van der Waals surface area contributed by atoms with Gasteiger partial charge in [-0.05, 0) is 40.2 Å². The molecule has 1 aliphatic rings. The van der Waals surface area contributed by atoms with Crippen molar-refractivity contribution in [3.05, 3.63) is 0 Å². The van der Waals surface area contributed by atoms with Gasteiger partial charge in [-0.3, -0.25) is 4.90 Å². The van der Waals surface area contributed by atoms with Crippen LogP contribution in [0.5, 0.6) is 0 Å². The van der Waals surface area contributed by atoms with Gasteiger partial charge in [-0.2, -0.15) is 13.2 Å². The Morgan fingerprint density at radius 3 is 2.25 bits per heavy atom. The molecule has 1 rings (SSSR count). The molecule has 0 saturated carbocycles. The lowest BCUT2D eigenvalue weighted by Crippen LogP contribution is -2.42. The largest absolute Gasteiger partial charge is 0.401 e. The van der Waals surface area contributed by atoms with Crippen LogP contribution in [0.4, 0.5) is 13.2 Å². The first-order chi connectivity index (χ1) is 9.09. The standard InChI is InChI=1S/C14H27F3N2O/c1-5-19(10-14(15,16)17)9-12-7-6-11(20-12)8-18-13(2,3)4/h11-12,18H,5-10H2,1-4H3. The Bertz CT molecular complexity index is 289. The Balaban J connectivity index is 2.32. The van der Waals surface area contributed by atoms with Crippen LogP contribution >= 0.6 is 0 Å². The summed E-state index contributed by atoms with van der Waals surface area (Å²) < 4.78 is 43.0. The highest BCUT2D eigenvalue weighted by atomic mass is 19.4. The molecule has 1 fully saturated rings. The maximum Gasteiger partial charge on any atom is 0.401 e. The highest BCUT2D eigenvalue weighted by molar-refractivity contribution is 4.81. The molecule has 2 unspecified atom stereocenters. The average Bonchev–Trinajstić information content (AvgIpc) is 2.70. The molecule has 0 radical (unpaired) electrons. The fraction of sp³-hybridized carbons (Fsp3) is 1.00. The zero-order valence-electron chi connectivity index (χ0n) is 12.9. The summed E-state index contributed by atoms with van der Waals surface area (Å²) in [6, 6.07) is 0. The third-order valence-corrected chi connectivity index (χ3v) is 3.37. The maximum atomic E-state index is 12.4. The van der Waals surface area contributed by atoms with Crippen molar-refractivity contribution >= 4 is 0 Å². The molecule has 1 saturated heterocycles. The summed E-state index contributed by atoms with van der Waals surface area (Å²) in [7, 11) is 0. The normalized spacial score (nSPS) is 24.6. The first-order valence-electron chi connectivity index (χ1n) is 7.28. The van der Waals surface area contributed by atoms with Gasteiger partial charge in [0.1, 0.15) is 0 Å². The van der Waals surface area contributed by atoms with E-state index >= 15 is 0 Å². The fourth-order valence-electron chi connectivity index (χ4n) is 2.33. The number of alkyl halides is 3. The third-order valence-electron chi connectivity index (χ3n) is 3.37. The molecule has 1 aliphatic heterocycles. The van der Waals surface area contributed by atoms with Crippen LogP contribution in [0.3, 0.4) is 0 Å². The molecule has 6 heteroatoms. The second-order valence-corrected chi connectivity index (χ2v) is 6.53. The predicted octanol–water partition coefficient (Wildman–Crippen LogP) is 2.81. The van der Waals surface area contributed by atoms with Gasteiger partial charge in [0.25, 0.3) is 0 Å². The smallest absolute Gasteiger partial charge is 0.372 e. The molecule has 0 aliphatic carbocycles. The summed E-state index contributed by atoms with van der Waals surface area (Å²) in [4.78, 5) is 1.41. The molecule has 2 atom stereocenters. The molecular formula is C14H27F3N2O. The van der Waals surface area contributed by atoms with Crippen LogP contribution in [-0.4, -0.2) is 55.0 Å². The number of likely N-dealkylation sites (N-methyl/N-ethyl adjacent to an activating group) is 1. The Morgan fingerprint density at radius 2 is 1.75 bits per heavy atom. The van der Waals surface area contributed by atoms with E-state index in [1.165, 1.54) is 4.90 Å². The van der Waals surface area contributed by atoms with E-state index in [0.29, 0.717) is 13.1 Å². The van der Waals surface area contributed by atoms with Crippen molar-refractivity contribution in [2.24, 2.45) is 0 Å². The highest BCUT2D eigenvalue weighted by Crippen LogP contribution is 2.22. The van der Waals surface area contributed by atoms with E-state index in [1.54, 1.807) is 6.92 Å². The lowest BCUT2D eigenvalue weighted by atomic mass is 10.1. The number of halogens is 3. The van der Waals surface area contributed by atoms with E-state index in [4.69, 9.17) is 4.74 Å². The summed E-state index contributed by atoms with van der Waals surface area (Å²) in [5.74, 6) is 0. The number of rotatable bonds is 6. The van der Waals surface area contributed by atoms with Crippen LogP contribution in [0.2, 0.25) is 0 Å². The first kappa shape index (κ1) is 17.7. The van der Waals surface area contributed by atoms with Gasteiger partial charge in [0, 0.05) is 18.6 Å². The second kappa shape index (κ2) is 7.09. The van der Waals surface area contributed by atoms with E-state index in [9.17, 15) is 13.2 Å². The molecule has 0 spiro atoms. The van der Waals surface area contributed by atoms with Gasteiger partial charge in [0.2, 0.25) is 0 Å². The van der Waals surface area contributed by atoms with Crippen molar-refractivity contribution in [3.8, 4) is 0 Å². The molecule has 0 aromatic carbocycles. The molecule has 0 aromatic rings. The van der Waals surface area contributed by atoms with E-state index in [2.05, 4.69) is 26.1 Å². The van der Waals surface area contributed by atoms with Crippen molar-refractivity contribution in [2.75, 3.05) is 26.2 Å². The fourth-order valence-corrected chi connectivity index (χ4v) is 2.33. The molecule has 3 nitrogen and oxygen atoms in total. The lowest BCUT2D eigenvalue weighted by Gasteiger charge is -2.26. The van der Waals surface area contributed by atoms with Crippen molar-refractivity contribution in [1.29, 1.82) is 0 Å². The van der Waals surface area contributed by atoms with Gasteiger partial charge < -0.3 is 10.1 Å². The van der Waals surface area contributed by atoms with Crippen molar-refractivity contribution in [1.82, 2.24) is 10.2 Å². The van der Waals surface area contributed by atoms with Gasteiger partial charge >= 0.3 is 6.18 Å². The van der Waals surface area contributed by atoms with Crippen LogP contribution in [0.1, 0.15) is 40.5 Å². The van der Waals surface area contributed by atoms with Gasteiger partial charge in [-0.15, -0.1) is 0 Å². The van der Waals surface area contributed by atoms with Crippen molar-refractivity contribution < 1.29 is 17.9 Å². The molecule has 1 heterocycles. The molecular weight excluding hydrogens is 269 g/mol. The number of hydrogen-bond acceptors (Lipinski definition) is 3. The van der Waals surface area contributed by atoms with Crippen LogP contribution < -0.4 is 5.32 Å². The van der Waals surface area contributed by atoms with Crippen LogP contribution in [0.25, 0.3) is 0 Å². The zero-order chi connectivity index (χ0) is 15.4. The Morgan fingerprint density at radius 1 is 1.15 bits per heavy atom. The maximum absolute atomic E-state index is 12.4. The van der Waals surface area contributed by atoms with E-state index < -0.39 is 12.7 Å². The van der Waals surface area contributed by atoms with Gasteiger partial charge in [-0.1, -0.05) is 6.92 Å². The van der Waals surface area contributed by atoms with Crippen molar-refractivity contribution in [2.45, 2.75) is 64.5 Å². The van der Waals surface area contributed by atoms with Crippen LogP contribution in [0, 0.1) is 0 Å². The quantitative estimate of drug-likeness (QED) is 0.816. The molecule has 20 heavy (non-hydrogen) atoms. The van der Waals surface area contributed by atoms with Crippen LogP contribution in [-0.2, 0) is 4.74 Å². The minimum atomic E-state index is -4.14. The van der Waals surface area contributed by atoms with Gasteiger partial charge in [0.15, 0.2) is 0 Å².